The van der Waals surface area contributed by atoms with Crippen LogP contribution in [-0.2, 0) is 4.74 Å². The van der Waals surface area contributed by atoms with Crippen LogP contribution in [0.15, 0.2) is 24.3 Å². The summed E-state index contributed by atoms with van der Waals surface area (Å²) in [5.41, 5.74) is 0.692. The molecule has 2 aliphatic rings. The second-order valence-electron chi connectivity index (χ2n) is 7.53. The highest BCUT2D eigenvalue weighted by molar-refractivity contribution is 6.02. The van der Waals surface area contributed by atoms with E-state index in [1.54, 1.807) is 4.90 Å². The van der Waals surface area contributed by atoms with Gasteiger partial charge in [-0.15, -0.1) is 0 Å². The average Bonchev–Trinajstić information content (AvgIpc) is 2.52. The van der Waals surface area contributed by atoms with Crippen LogP contribution in [0.1, 0.15) is 44.0 Å². The van der Waals surface area contributed by atoms with Gasteiger partial charge in [-0.1, -0.05) is 12.1 Å². The molecule has 1 fully saturated rings. The van der Waals surface area contributed by atoms with Gasteiger partial charge in [-0.25, -0.2) is 4.79 Å². The average molecular weight is 331 g/mol. The second-order valence-corrected chi connectivity index (χ2v) is 7.53. The molecule has 24 heavy (non-hydrogen) atoms. The Morgan fingerprint density at radius 3 is 2.46 bits per heavy atom. The number of ether oxygens (including phenoxy) is 1. The molecule has 2 amide bonds. The SMILES string of the molecule is CN1c2ccccc2C(=O)NC12CCN(C(=O)OC(C)(C)C)CC2. The van der Waals surface area contributed by atoms with E-state index in [-0.39, 0.29) is 12.0 Å². The van der Waals surface area contributed by atoms with Crippen molar-refractivity contribution in [3.63, 3.8) is 0 Å². The van der Waals surface area contributed by atoms with Gasteiger partial charge in [-0.05, 0) is 32.9 Å². The smallest absolute Gasteiger partial charge is 0.410 e. The first-order valence-corrected chi connectivity index (χ1v) is 8.35. The number of piperidine rings is 1. The number of nitrogens with one attached hydrogen (secondary N) is 1. The molecule has 6 heteroatoms. The van der Waals surface area contributed by atoms with E-state index in [1.807, 2.05) is 52.1 Å². The van der Waals surface area contributed by atoms with E-state index in [2.05, 4.69) is 10.2 Å². The van der Waals surface area contributed by atoms with E-state index in [4.69, 9.17) is 4.74 Å². The molecule has 0 radical (unpaired) electrons. The Morgan fingerprint density at radius 1 is 1.21 bits per heavy atom. The Hall–Kier alpha value is -2.24. The Bertz CT molecular complexity index is 658. The van der Waals surface area contributed by atoms with Crippen LogP contribution in [0.2, 0.25) is 0 Å². The molecular weight excluding hydrogens is 306 g/mol. The standard InChI is InChI=1S/C18H25N3O3/c1-17(2,3)24-16(23)21-11-9-18(10-12-21)19-15(22)13-7-5-6-8-14(13)20(18)4/h5-8H,9-12H2,1-4H3,(H,19,22). The number of hydrogen-bond acceptors (Lipinski definition) is 4. The summed E-state index contributed by atoms with van der Waals surface area (Å²) in [6.07, 6.45) is 1.05. The van der Waals surface area contributed by atoms with E-state index in [0.717, 1.165) is 5.69 Å². The summed E-state index contributed by atoms with van der Waals surface area (Å²) < 4.78 is 5.44. The maximum atomic E-state index is 12.5. The Balaban J connectivity index is 1.74. The minimum atomic E-state index is -0.499. The lowest BCUT2D eigenvalue weighted by molar-refractivity contribution is 0.0146. The highest BCUT2D eigenvalue weighted by atomic mass is 16.6. The molecule has 130 valence electrons. The number of anilines is 1. The molecule has 0 atom stereocenters. The molecule has 1 aromatic carbocycles. The molecule has 0 aromatic heterocycles. The summed E-state index contributed by atoms with van der Waals surface area (Å²) in [7, 11) is 2.00. The van der Waals surface area contributed by atoms with Gasteiger partial charge in [0, 0.05) is 33.0 Å². The van der Waals surface area contributed by atoms with Crippen LogP contribution in [0.4, 0.5) is 10.5 Å². The van der Waals surface area contributed by atoms with Crippen LogP contribution >= 0.6 is 0 Å². The van der Waals surface area contributed by atoms with Crippen molar-refractivity contribution in [1.82, 2.24) is 10.2 Å². The molecule has 6 nitrogen and oxygen atoms in total. The van der Waals surface area contributed by atoms with Crippen molar-refractivity contribution >= 4 is 17.7 Å². The molecule has 0 unspecified atom stereocenters. The molecule has 0 aliphatic carbocycles. The molecule has 0 saturated carbocycles. The van der Waals surface area contributed by atoms with E-state index in [1.165, 1.54) is 0 Å². The summed E-state index contributed by atoms with van der Waals surface area (Å²) in [5.74, 6) is -0.0468. The summed E-state index contributed by atoms with van der Waals surface area (Å²) >= 11 is 0. The fourth-order valence-electron chi connectivity index (χ4n) is 3.40. The van der Waals surface area contributed by atoms with Gasteiger partial charge in [0.15, 0.2) is 0 Å². The second kappa shape index (κ2) is 5.69. The molecular formula is C18H25N3O3. The fraction of sp³-hybridized carbons (Fsp3) is 0.556. The minimum Gasteiger partial charge on any atom is -0.444 e. The quantitative estimate of drug-likeness (QED) is 0.794. The molecule has 3 rings (SSSR count). The van der Waals surface area contributed by atoms with E-state index >= 15 is 0 Å². The number of hydrogen-bond donors (Lipinski definition) is 1. The van der Waals surface area contributed by atoms with Gasteiger partial charge < -0.3 is 19.9 Å². The maximum Gasteiger partial charge on any atom is 0.410 e. The number of amides is 2. The molecule has 1 saturated heterocycles. The van der Waals surface area contributed by atoms with Crippen molar-refractivity contribution in [1.29, 1.82) is 0 Å². The van der Waals surface area contributed by atoms with Crippen LogP contribution in [0.25, 0.3) is 0 Å². The van der Waals surface area contributed by atoms with E-state index in [0.29, 0.717) is 31.5 Å². The zero-order valence-electron chi connectivity index (χ0n) is 14.8. The predicted octanol–water partition coefficient (Wildman–Crippen LogP) is 2.59. The number of nitrogens with zero attached hydrogens (tertiary/aromatic N) is 2. The van der Waals surface area contributed by atoms with Crippen LogP contribution in [0.5, 0.6) is 0 Å². The molecule has 2 aliphatic heterocycles. The number of carbonyl (C=O) groups excluding carboxylic acids is 2. The monoisotopic (exact) mass is 331 g/mol. The molecule has 1 spiro atoms. The van der Waals surface area contributed by atoms with Gasteiger partial charge in [0.1, 0.15) is 11.3 Å². The van der Waals surface area contributed by atoms with Crippen molar-refractivity contribution in [2.24, 2.45) is 0 Å². The summed E-state index contributed by atoms with van der Waals surface area (Å²) in [4.78, 5) is 28.6. The molecule has 2 heterocycles. The molecule has 1 aromatic rings. The van der Waals surface area contributed by atoms with Gasteiger partial charge in [-0.3, -0.25) is 4.79 Å². The van der Waals surface area contributed by atoms with Crippen LogP contribution in [-0.4, -0.2) is 48.3 Å². The highest BCUT2D eigenvalue weighted by Crippen LogP contribution is 2.36. The first kappa shape index (κ1) is 16.6. The lowest BCUT2D eigenvalue weighted by atomic mass is 9.90. The summed E-state index contributed by atoms with van der Waals surface area (Å²) in [6, 6.07) is 7.62. The fourth-order valence-corrected chi connectivity index (χ4v) is 3.40. The zero-order valence-corrected chi connectivity index (χ0v) is 14.8. The van der Waals surface area contributed by atoms with E-state index < -0.39 is 11.3 Å². The number of likely N-dealkylation sites (tertiary alicyclic amines) is 1. The number of fused-ring (bicyclic) bond motifs is 1. The third kappa shape index (κ3) is 2.92. The number of para-hydroxylation sites is 1. The minimum absolute atomic E-state index is 0.0468. The van der Waals surface area contributed by atoms with Crippen LogP contribution in [0.3, 0.4) is 0 Å². The first-order valence-electron chi connectivity index (χ1n) is 8.35. The van der Waals surface area contributed by atoms with Gasteiger partial charge >= 0.3 is 6.09 Å². The Morgan fingerprint density at radius 2 is 1.83 bits per heavy atom. The van der Waals surface area contributed by atoms with Crippen molar-refractivity contribution in [2.75, 3.05) is 25.0 Å². The van der Waals surface area contributed by atoms with Crippen LogP contribution < -0.4 is 10.2 Å². The third-order valence-corrected chi connectivity index (χ3v) is 4.74. The Kier molecular flexibility index (Phi) is 3.94. The lowest BCUT2D eigenvalue weighted by Crippen LogP contribution is -2.67. The summed E-state index contributed by atoms with van der Waals surface area (Å²) in [5, 5.41) is 3.15. The Labute approximate surface area is 142 Å². The van der Waals surface area contributed by atoms with Crippen LogP contribution in [0, 0.1) is 0 Å². The highest BCUT2D eigenvalue weighted by Gasteiger charge is 2.45. The zero-order chi connectivity index (χ0) is 17.5. The summed E-state index contributed by atoms with van der Waals surface area (Å²) in [6.45, 7) is 6.70. The maximum absolute atomic E-state index is 12.5. The van der Waals surface area contributed by atoms with E-state index in [9.17, 15) is 9.59 Å². The largest absolute Gasteiger partial charge is 0.444 e. The van der Waals surface area contributed by atoms with Crippen molar-refractivity contribution < 1.29 is 14.3 Å². The number of carbonyl (C=O) groups is 2. The first-order chi connectivity index (χ1) is 11.2. The van der Waals surface area contributed by atoms with Crippen molar-refractivity contribution in [3.05, 3.63) is 29.8 Å². The van der Waals surface area contributed by atoms with Gasteiger partial charge in [0.25, 0.3) is 5.91 Å². The third-order valence-electron chi connectivity index (χ3n) is 4.74. The lowest BCUT2D eigenvalue weighted by Gasteiger charge is -2.51. The van der Waals surface area contributed by atoms with Gasteiger partial charge in [-0.2, -0.15) is 0 Å². The van der Waals surface area contributed by atoms with Crippen molar-refractivity contribution in [3.8, 4) is 0 Å². The van der Waals surface area contributed by atoms with Gasteiger partial charge in [0.05, 0.1) is 11.3 Å². The van der Waals surface area contributed by atoms with Crippen molar-refractivity contribution in [2.45, 2.75) is 44.9 Å². The number of rotatable bonds is 0. The molecule has 1 N–H and O–H groups in total. The topological polar surface area (TPSA) is 61.9 Å². The normalized spacial score (nSPS) is 19.8. The van der Waals surface area contributed by atoms with Gasteiger partial charge in [0.2, 0.25) is 0 Å². The predicted molar refractivity (Wildman–Crippen MR) is 92.1 cm³/mol. The molecule has 0 bridgehead atoms. The number of benzene rings is 1.